The van der Waals surface area contributed by atoms with Gasteiger partial charge in [0.15, 0.2) is 11.6 Å². The average molecular weight is 209 g/mol. The maximum Gasteiger partial charge on any atom is 0.254 e. The summed E-state index contributed by atoms with van der Waals surface area (Å²) in [6.45, 7) is 0.123. The molecule has 1 aromatic rings. The van der Waals surface area contributed by atoms with Gasteiger partial charge in [-0.05, 0) is 18.2 Å². The molecule has 0 N–H and O–H groups in total. The third-order valence-electron chi connectivity index (χ3n) is 1.84. The zero-order valence-electron chi connectivity index (χ0n) is 8.13. The lowest BCUT2D eigenvalue weighted by Gasteiger charge is -2.13. The summed E-state index contributed by atoms with van der Waals surface area (Å²) < 4.78 is 25.4. The lowest BCUT2D eigenvalue weighted by atomic mass is 10.2. The Morgan fingerprint density at radius 2 is 2.13 bits per heavy atom. The number of hydrogen-bond acceptors (Lipinski definition) is 1. The molecule has 0 aliphatic rings. The number of nitrogens with zero attached hydrogens (tertiary/aromatic N) is 1. The highest BCUT2D eigenvalue weighted by Gasteiger charge is 2.12. The summed E-state index contributed by atoms with van der Waals surface area (Å²) in [5, 5.41) is 0. The van der Waals surface area contributed by atoms with Gasteiger partial charge in [0, 0.05) is 12.6 Å². The van der Waals surface area contributed by atoms with Crippen LogP contribution in [0.3, 0.4) is 0 Å². The normalized spacial score (nSPS) is 9.47. The first-order valence-corrected chi connectivity index (χ1v) is 4.20. The Labute approximate surface area is 86.5 Å². The van der Waals surface area contributed by atoms with Crippen molar-refractivity contribution >= 4 is 5.91 Å². The molecule has 0 saturated heterocycles. The molecule has 0 heterocycles. The van der Waals surface area contributed by atoms with Gasteiger partial charge in [0.2, 0.25) is 0 Å². The number of carbonyl (C=O) groups excluding carboxylic acids is 1. The SMILES string of the molecule is C#CCN(C)C(=O)c1ccc(F)c(F)c1. The number of hydrogen-bond donors (Lipinski definition) is 0. The third kappa shape index (κ3) is 2.53. The van der Waals surface area contributed by atoms with E-state index in [1.54, 1.807) is 0 Å². The number of terminal acetylenes is 1. The number of carbonyl (C=O) groups is 1. The highest BCUT2D eigenvalue weighted by atomic mass is 19.2. The maximum absolute atomic E-state index is 12.8. The molecule has 0 spiro atoms. The molecule has 0 saturated carbocycles. The van der Waals surface area contributed by atoms with E-state index in [4.69, 9.17) is 6.42 Å². The summed E-state index contributed by atoms with van der Waals surface area (Å²) in [5.41, 5.74) is 0.0756. The number of halogens is 2. The minimum absolute atomic E-state index is 0.0756. The Balaban J connectivity index is 2.93. The van der Waals surface area contributed by atoms with Crippen LogP contribution in [0.1, 0.15) is 10.4 Å². The molecule has 0 aliphatic heterocycles. The fourth-order valence-electron chi connectivity index (χ4n) is 1.06. The topological polar surface area (TPSA) is 20.3 Å². The Morgan fingerprint density at radius 1 is 1.47 bits per heavy atom. The van der Waals surface area contributed by atoms with Gasteiger partial charge in [-0.3, -0.25) is 4.79 Å². The van der Waals surface area contributed by atoms with Crippen LogP contribution in [0.25, 0.3) is 0 Å². The van der Waals surface area contributed by atoms with Crippen LogP contribution in [0.15, 0.2) is 18.2 Å². The lowest BCUT2D eigenvalue weighted by Crippen LogP contribution is -2.27. The zero-order chi connectivity index (χ0) is 11.4. The van der Waals surface area contributed by atoms with Gasteiger partial charge in [-0.25, -0.2) is 8.78 Å². The van der Waals surface area contributed by atoms with E-state index < -0.39 is 17.5 Å². The van der Waals surface area contributed by atoms with Gasteiger partial charge in [0.05, 0.1) is 6.54 Å². The molecule has 2 nitrogen and oxygen atoms in total. The van der Waals surface area contributed by atoms with Gasteiger partial charge in [0.25, 0.3) is 5.91 Å². The first kappa shape index (κ1) is 11.2. The molecular weight excluding hydrogens is 200 g/mol. The predicted molar refractivity (Wildman–Crippen MR) is 52.2 cm³/mol. The average Bonchev–Trinajstić information content (AvgIpc) is 2.21. The van der Waals surface area contributed by atoms with Gasteiger partial charge >= 0.3 is 0 Å². The van der Waals surface area contributed by atoms with E-state index in [-0.39, 0.29) is 12.1 Å². The van der Waals surface area contributed by atoms with Crippen molar-refractivity contribution in [1.29, 1.82) is 0 Å². The second-order valence-electron chi connectivity index (χ2n) is 2.99. The summed E-state index contributed by atoms with van der Waals surface area (Å²) in [6, 6.07) is 2.98. The van der Waals surface area contributed by atoms with Crippen molar-refractivity contribution < 1.29 is 13.6 Å². The summed E-state index contributed by atoms with van der Waals surface area (Å²) in [7, 11) is 1.49. The van der Waals surface area contributed by atoms with Crippen LogP contribution in [-0.2, 0) is 0 Å². The molecule has 0 bridgehead atoms. The van der Waals surface area contributed by atoms with Crippen LogP contribution < -0.4 is 0 Å². The molecule has 4 heteroatoms. The van der Waals surface area contributed by atoms with Crippen molar-refractivity contribution in [3.63, 3.8) is 0 Å². The molecule has 0 fully saturated rings. The van der Waals surface area contributed by atoms with Crippen molar-refractivity contribution in [2.24, 2.45) is 0 Å². The molecule has 1 aromatic carbocycles. The first-order chi connectivity index (χ1) is 7.06. The Kier molecular flexibility index (Phi) is 3.40. The second kappa shape index (κ2) is 4.56. The quantitative estimate of drug-likeness (QED) is 0.678. The Bertz CT molecular complexity index is 423. The van der Waals surface area contributed by atoms with Crippen molar-refractivity contribution in [3.8, 4) is 12.3 Å². The molecule has 0 radical (unpaired) electrons. The standard InChI is InChI=1S/C11H9F2NO/c1-3-6-14(2)11(15)8-4-5-9(12)10(13)7-8/h1,4-5,7H,6H2,2H3. The largest absolute Gasteiger partial charge is 0.331 e. The summed E-state index contributed by atoms with van der Waals surface area (Å²) in [4.78, 5) is 12.8. The summed E-state index contributed by atoms with van der Waals surface area (Å²) in [6.07, 6.45) is 5.02. The maximum atomic E-state index is 12.8. The van der Waals surface area contributed by atoms with E-state index in [1.807, 2.05) is 0 Å². The van der Waals surface area contributed by atoms with Gasteiger partial charge in [-0.1, -0.05) is 5.92 Å². The van der Waals surface area contributed by atoms with E-state index in [0.717, 1.165) is 12.1 Å². The van der Waals surface area contributed by atoms with Crippen LogP contribution in [0.2, 0.25) is 0 Å². The molecular formula is C11H9F2NO. The van der Waals surface area contributed by atoms with Crippen molar-refractivity contribution in [2.75, 3.05) is 13.6 Å². The highest BCUT2D eigenvalue weighted by Crippen LogP contribution is 2.10. The smallest absolute Gasteiger partial charge is 0.254 e. The van der Waals surface area contributed by atoms with Gasteiger partial charge in [0.1, 0.15) is 0 Å². The van der Waals surface area contributed by atoms with Crippen LogP contribution in [-0.4, -0.2) is 24.4 Å². The zero-order valence-corrected chi connectivity index (χ0v) is 8.13. The molecule has 0 unspecified atom stereocenters. The molecule has 15 heavy (non-hydrogen) atoms. The molecule has 0 atom stereocenters. The van der Waals surface area contributed by atoms with Gasteiger partial charge in [-0.15, -0.1) is 6.42 Å². The van der Waals surface area contributed by atoms with Crippen LogP contribution >= 0.6 is 0 Å². The Morgan fingerprint density at radius 3 is 2.67 bits per heavy atom. The van der Waals surface area contributed by atoms with Crippen LogP contribution in [0.5, 0.6) is 0 Å². The fourth-order valence-corrected chi connectivity index (χ4v) is 1.06. The van der Waals surface area contributed by atoms with Crippen molar-refractivity contribution in [3.05, 3.63) is 35.4 Å². The molecule has 0 aliphatic carbocycles. The van der Waals surface area contributed by atoms with Crippen molar-refractivity contribution in [2.45, 2.75) is 0 Å². The monoisotopic (exact) mass is 209 g/mol. The van der Waals surface area contributed by atoms with E-state index >= 15 is 0 Å². The van der Waals surface area contributed by atoms with Crippen LogP contribution in [0.4, 0.5) is 8.78 Å². The minimum atomic E-state index is -1.05. The molecule has 1 rings (SSSR count). The highest BCUT2D eigenvalue weighted by molar-refractivity contribution is 5.94. The lowest BCUT2D eigenvalue weighted by molar-refractivity contribution is 0.0812. The molecule has 0 aromatic heterocycles. The van der Waals surface area contributed by atoms with E-state index in [2.05, 4.69) is 5.92 Å². The summed E-state index contributed by atoms with van der Waals surface area (Å²) >= 11 is 0. The van der Waals surface area contributed by atoms with E-state index in [9.17, 15) is 13.6 Å². The Hall–Kier alpha value is -1.89. The fraction of sp³-hybridized carbons (Fsp3) is 0.182. The second-order valence-corrected chi connectivity index (χ2v) is 2.99. The number of amides is 1. The first-order valence-electron chi connectivity index (χ1n) is 4.20. The van der Waals surface area contributed by atoms with E-state index in [0.29, 0.717) is 0 Å². The minimum Gasteiger partial charge on any atom is -0.331 e. The number of rotatable bonds is 2. The summed E-state index contributed by atoms with van der Waals surface area (Å²) in [5.74, 6) is -0.183. The number of benzene rings is 1. The van der Waals surface area contributed by atoms with Gasteiger partial charge in [-0.2, -0.15) is 0 Å². The molecule has 1 amide bonds. The predicted octanol–water partition coefficient (Wildman–Crippen LogP) is 1.67. The third-order valence-corrected chi connectivity index (χ3v) is 1.84. The van der Waals surface area contributed by atoms with E-state index in [1.165, 1.54) is 18.0 Å². The van der Waals surface area contributed by atoms with Crippen LogP contribution in [0, 0.1) is 24.0 Å². The van der Waals surface area contributed by atoms with Crippen molar-refractivity contribution in [1.82, 2.24) is 4.90 Å². The van der Waals surface area contributed by atoms with Gasteiger partial charge < -0.3 is 4.90 Å². The molecule has 78 valence electrons.